The SMILES string of the molecule is CCNC(=NCC(c1ccco1)N1CCCCC1)NCCCN1CCOCC1.I. The number of hydrogen-bond donors (Lipinski definition) is 2. The Labute approximate surface area is 192 Å². The Morgan fingerprint density at radius 3 is 2.62 bits per heavy atom. The number of hydrogen-bond acceptors (Lipinski definition) is 5. The molecule has 7 nitrogen and oxygen atoms in total. The molecule has 2 saturated heterocycles. The van der Waals surface area contributed by atoms with Crippen LogP contribution in [0.15, 0.2) is 27.8 Å². The average Bonchev–Trinajstić information content (AvgIpc) is 3.27. The van der Waals surface area contributed by atoms with E-state index in [0.29, 0.717) is 6.54 Å². The normalized spacial score (nSPS) is 20.1. The Kier molecular flexibility index (Phi) is 12.0. The van der Waals surface area contributed by atoms with Gasteiger partial charge < -0.3 is 19.8 Å². The van der Waals surface area contributed by atoms with Crippen molar-refractivity contribution < 1.29 is 9.15 Å². The highest BCUT2D eigenvalue weighted by atomic mass is 127. The summed E-state index contributed by atoms with van der Waals surface area (Å²) in [4.78, 5) is 9.88. The van der Waals surface area contributed by atoms with Crippen LogP contribution in [-0.2, 0) is 4.74 Å². The molecule has 0 radical (unpaired) electrons. The van der Waals surface area contributed by atoms with Crippen LogP contribution in [0.1, 0.15) is 44.4 Å². The van der Waals surface area contributed by atoms with Crippen molar-refractivity contribution in [2.24, 2.45) is 4.99 Å². The zero-order valence-electron chi connectivity index (χ0n) is 17.8. The first kappa shape index (κ1) is 24.4. The average molecular weight is 519 g/mol. The van der Waals surface area contributed by atoms with E-state index >= 15 is 0 Å². The number of halogens is 1. The first-order chi connectivity index (χ1) is 13.9. The molecule has 2 aliphatic rings. The molecule has 1 unspecified atom stereocenters. The molecule has 0 amide bonds. The first-order valence-electron chi connectivity index (χ1n) is 11.0. The number of guanidine groups is 1. The predicted molar refractivity (Wildman–Crippen MR) is 128 cm³/mol. The highest BCUT2D eigenvalue weighted by Crippen LogP contribution is 2.25. The summed E-state index contributed by atoms with van der Waals surface area (Å²) in [6, 6.07) is 4.28. The molecule has 3 heterocycles. The third-order valence-electron chi connectivity index (χ3n) is 5.52. The number of nitrogens with one attached hydrogen (secondary N) is 2. The lowest BCUT2D eigenvalue weighted by molar-refractivity contribution is 0.0376. The fraction of sp³-hybridized carbons (Fsp3) is 0.762. The molecule has 0 bridgehead atoms. The van der Waals surface area contributed by atoms with E-state index in [1.807, 2.05) is 6.07 Å². The van der Waals surface area contributed by atoms with Gasteiger partial charge in [0.15, 0.2) is 5.96 Å². The summed E-state index contributed by atoms with van der Waals surface area (Å²) in [5.74, 6) is 1.92. The van der Waals surface area contributed by atoms with E-state index in [1.165, 1.54) is 19.3 Å². The van der Waals surface area contributed by atoms with Crippen LogP contribution in [0.3, 0.4) is 0 Å². The molecule has 0 aromatic carbocycles. The minimum atomic E-state index is 0. The summed E-state index contributed by atoms with van der Waals surface area (Å²) in [6.45, 7) is 11.8. The smallest absolute Gasteiger partial charge is 0.191 e. The molecule has 0 spiro atoms. The Bertz CT molecular complexity index is 557. The van der Waals surface area contributed by atoms with Crippen LogP contribution in [0.2, 0.25) is 0 Å². The van der Waals surface area contributed by atoms with Gasteiger partial charge >= 0.3 is 0 Å². The number of ether oxygens (including phenoxy) is 1. The van der Waals surface area contributed by atoms with Crippen LogP contribution in [0.4, 0.5) is 0 Å². The van der Waals surface area contributed by atoms with Crippen molar-refractivity contribution in [2.75, 3.05) is 65.6 Å². The van der Waals surface area contributed by atoms with Gasteiger partial charge in [0, 0.05) is 26.2 Å². The van der Waals surface area contributed by atoms with E-state index in [2.05, 4.69) is 33.4 Å². The molecule has 29 heavy (non-hydrogen) atoms. The topological polar surface area (TPSA) is 65.3 Å². The molecule has 3 rings (SSSR count). The molecule has 1 atom stereocenters. The van der Waals surface area contributed by atoms with Crippen molar-refractivity contribution in [3.63, 3.8) is 0 Å². The Hall–Kier alpha value is -0.840. The minimum Gasteiger partial charge on any atom is -0.468 e. The van der Waals surface area contributed by atoms with Crippen molar-refractivity contribution in [3.8, 4) is 0 Å². The van der Waals surface area contributed by atoms with Gasteiger partial charge in [-0.25, -0.2) is 0 Å². The zero-order valence-corrected chi connectivity index (χ0v) is 20.1. The number of aliphatic imine (C=N–C) groups is 1. The molecule has 2 aliphatic heterocycles. The van der Waals surface area contributed by atoms with Crippen LogP contribution in [-0.4, -0.2) is 81.3 Å². The van der Waals surface area contributed by atoms with E-state index in [-0.39, 0.29) is 30.0 Å². The lowest BCUT2D eigenvalue weighted by Gasteiger charge is -2.32. The molecule has 2 fully saturated rings. The van der Waals surface area contributed by atoms with Crippen LogP contribution < -0.4 is 10.6 Å². The van der Waals surface area contributed by atoms with E-state index in [1.54, 1.807) is 6.26 Å². The maximum absolute atomic E-state index is 5.74. The summed E-state index contributed by atoms with van der Waals surface area (Å²) in [6.07, 6.45) is 6.74. The predicted octanol–water partition coefficient (Wildman–Crippen LogP) is 2.70. The van der Waals surface area contributed by atoms with Gasteiger partial charge in [0.1, 0.15) is 5.76 Å². The van der Waals surface area contributed by atoms with E-state index in [0.717, 1.165) is 77.2 Å². The number of furan rings is 1. The van der Waals surface area contributed by atoms with Crippen LogP contribution in [0.25, 0.3) is 0 Å². The van der Waals surface area contributed by atoms with E-state index in [9.17, 15) is 0 Å². The van der Waals surface area contributed by atoms with Crippen molar-refractivity contribution >= 4 is 29.9 Å². The molecule has 0 saturated carbocycles. The summed E-state index contributed by atoms with van der Waals surface area (Å²) >= 11 is 0. The van der Waals surface area contributed by atoms with Crippen molar-refractivity contribution in [1.29, 1.82) is 0 Å². The summed E-state index contributed by atoms with van der Waals surface area (Å²) in [5, 5.41) is 6.88. The molecule has 8 heteroatoms. The van der Waals surface area contributed by atoms with Gasteiger partial charge in [0.25, 0.3) is 0 Å². The monoisotopic (exact) mass is 519 g/mol. The Morgan fingerprint density at radius 2 is 1.93 bits per heavy atom. The van der Waals surface area contributed by atoms with Gasteiger partial charge in [0.2, 0.25) is 0 Å². The van der Waals surface area contributed by atoms with E-state index in [4.69, 9.17) is 14.1 Å². The fourth-order valence-electron chi connectivity index (χ4n) is 3.95. The van der Waals surface area contributed by atoms with Gasteiger partial charge in [-0.05, 0) is 58.0 Å². The van der Waals surface area contributed by atoms with Crippen molar-refractivity contribution in [3.05, 3.63) is 24.2 Å². The maximum Gasteiger partial charge on any atom is 0.191 e. The summed E-state index contributed by atoms with van der Waals surface area (Å²) < 4.78 is 11.2. The highest BCUT2D eigenvalue weighted by Gasteiger charge is 2.24. The van der Waals surface area contributed by atoms with Crippen LogP contribution >= 0.6 is 24.0 Å². The molecule has 1 aromatic heterocycles. The number of piperidine rings is 1. The van der Waals surface area contributed by atoms with Crippen LogP contribution in [0, 0.1) is 0 Å². The van der Waals surface area contributed by atoms with Gasteiger partial charge in [-0.15, -0.1) is 24.0 Å². The number of likely N-dealkylation sites (tertiary alicyclic amines) is 1. The third kappa shape index (κ3) is 8.43. The molecular weight excluding hydrogens is 481 g/mol. The van der Waals surface area contributed by atoms with Crippen molar-refractivity contribution in [2.45, 2.75) is 38.6 Å². The largest absolute Gasteiger partial charge is 0.468 e. The lowest BCUT2D eigenvalue weighted by Crippen LogP contribution is -2.41. The second-order valence-corrected chi connectivity index (χ2v) is 7.58. The highest BCUT2D eigenvalue weighted by molar-refractivity contribution is 14.0. The van der Waals surface area contributed by atoms with Gasteiger partial charge in [-0.2, -0.15) is 0 Å². The van der Waals surface area contributed by atoms with Gasteiger partial charge in [-0.1, -0.05) is 6.42 Å². The van der Waals surface area contributed by atoms with E-state index < -0.39 is 0 Å². The number of morpholine rings is 1. The second-order valence-electron chi connectivity index (χ2n) is 7.58. The Balaban J connectivity index is 0.00000300. The first-order valence-corrected chi connectivity index (χ1v) is 11.0. The Morgan fingerprint density at radius 1 is 1.14 bits per heavy atom. The van der Waals surface area contributed by atoms with Gasteiger partial charge in [-0.3, -0.25) is 14.8 Å². The van der Waals surface area contributed by atoms with Gasteiger partial charge in [0.05, 0.1) is 32.1 Å². The summed E-state index contributed by atoms with van der Waals surface area (Å²) in [5.41, 5.74) is 0. The maximum atomic E-state index is 5.74. The zero-order chi connectivity index (χ0) is 19.4. The van der Waals surface area contributed by atoms with Crippen LogP contribution in [0.5, 0.6) is 0 Å². The molecule has 166 valence electrons. The lowest BCUT2D eigenvalue weighted by atomic mass is 10.1. The van der Waals surface area contributed by atoms with Crippen molar-refractivity contribution in [1.82, 2.24) is 20.4 Å². The second kappa shape index (κ2) is 14.2. The minimum absolute atomic E-state index is 0. The quantitative estimate of drug-likeness (QED) is 0.227. The molecule has 1 aromatic rings. The molecule has 0 aliphatic carbocycles. The third-order valence-corrected chi connectivity index (χ3v) is 5.52. The fourth-order valence-corrected chi connectivity index (χ4v) is 3.95. The number of nitrogens with zero attached hydrogens (tertiary/aromatic N) is 3. The standard InChI is InChI=1S/C21H37N5O2.HI/c1-2-22-21(23-9-7-10-25-13-16-27-17-14-25)24-18-19(20-8-6-15-28-20)26-11-4-3-5-12-26;/h6,8,15,19H,2-5,7,9-14,16-18H2,1H3,(H2,22,23,24);1H. The summed E-state index contributed by atoms with van der Waals surface area (Å²) in [7, 11) is 0. The molecule has 2 N–H and O–H groups in total. The number of rotatable bonds is 9. The molecular formula is C21H38IN5O2.